The molecule has 0 atom stereocenters. The van der Waals surface area contributed by atoms with Gasteiger partial charge in [-0.2, -0.15) is 0 Å². The van der Waals surface area contributed by atoms with Crippen LogP contribution in [-0.4, -0.2) is 16.2 Å². The topological polar surface area (TPSA) is 57.5 Å². The molecule has 0 saturated heterocycles. The van der Waals surface area contributed by atoms with Crippen molar-refractivity contribution in [1.29, 1.82) is 0 Å². The molecule has 2 N–H and O–H groups in total. The van der Waals surface area contributed by atoms with Crippen molar-refractivity contribution in [3.63, 3.8) is 0 Å². The highest BCUT2D eigenvalue weighted by atomic mass is 79.9. The first-order chi connectivity index (χ1) is 6.17. The van der Waals surface area contributed by atoms with Crippen LogP contribution < -0.4 is 0 Å². The number of alkyl halides is 1. The van der Waals surface area contributed by atoms with E-state index in [1.807, 2.05) is 0 Å². The number of halogens is 1. The molecular formula is C9H9BrO3. The van der Waals surface area contributed by atoms with Crippen LogP contribution in [0.2, 0.25) is 0 Å². The van der Waals surface area contributed by atoms with Crippen LogP contribution in [0.5, 0.6) is 0 Å². The van der Waals surface area contributed by atoms with E-state index in [0.717, 1.165) is 5.56 Å². The van der Waals surface area contributed by atoms with Gasteiger partial charge in [0, 0.05) is 5.33 Å². The van der Waals surface area contributed by atoms with Gasteiger partial charge in [-0.05, 0) is 23.3 Å². The summed E-state index contributed by atoms with van der Waals surface area (Å²) in [6.45, 7) is -0.138. The lowest BCUT2D eigenvalue weighted by Gasteiger charge is -2.02. The average molecular weight is 245 g/mol. The Hall–Kier alpha value is -0.870. The van der Waals surface area contributed by atoms with Crippen LogP contribution in [-0.2, 0) is 11.9 Å². The Morgan fingerprint density at radius 1 is 1.31 bits per heavy atom. The first-order valence-corrected chi connectivity index (χ1v) is 4.82. The summed E-state index contributed by atoms with van der Waals surface area (Å²) in [5.41, 5.74) is 1.68. The summed E-state index contributed by atoms with van der Waals surface area (Å²) in [7, 11) is 0. The summed E-state index contributed by atoms with van der Waals surface area (Å²) in [5, 5.41) is 18.2. The zero-order chi connectivity index (χ0) is 9.84. The normalized spacial score (nSPS) is 10.0. The number of carboxylic acids is 1. The van der Waals surface area contributed by atoms with Crippen molar-refractivity contribution in [2.24, 2.45) is 0 Å². The number of hydrogen-bond acceptors (Lipinski definition) is 2. The Bertz CT molecular complexity index is 300. The maximum absolute atomic E-state index is 10.6. The highest BCUT2D eigenvalue weighted by molar-refractivity contribution is 9.08. The van der Waals surface area contributed by atoms with Crippen molar-refractivity contribution in [3.05, 3.63) is 34.9 Å². The van der Waals surface area contributed by atoms with Gasteiger partial charge in [0.15, 0.2) is 0 Å². The van der Waals surface area contributed by atoms with Gasteiger partial charge in [0.1, 0.15) is 0 Å². The van der Waals surface area contributed by atoms with E-state index in [9.17, 15) is 4.79 Å². The number of aliphatic hydroxyl groups is 1. The van der Waals surface area contributed by atoms with E-state index in [4.69, 9.17) is 10.2 Å². The molecule has 0 amide bonds. The Labute approximate surface area is 84.1 Å². The minimum absolute atomic E-state index is 0.138. The highest BCUT2D eigenvalue weighted by Crippen LogP contribution is 2.13. The fourth-order valence-electron chi connectivity index (χ4n) is 1.05. The summed E-state index contributed by atoms with van der Waals surface area (Å²) >= 11 is 3.23. The molecule has 0 radical (unpaired) electrons. The summed E-state index contributed by atoms with van der Waals surface area (Å²) in [6, 6.07) is 4.81. The van der Waals surface area contributed by atoms with E-state index in [-0.39, 0.29) is 12.2 Å². The van der Waals surface area contributed by atoms with E-state index in [1.165, 1.54) is 6.07 Å². The van der Waals surface area contributed by atoms with Crippen LogP contribution >= 0.6 is 15.9 Å². The predicted octanol–water partition coefficient (Wildman–Crippen LogP) is 1.77. The Balaban J connectivity index is 3.14. The Morgan fingerprint density at radius 2 is 1.92 bits per heavy atom. The van der Waals surface area contributed by atoms with Crippen molar-refractivity contribution >= 4 is 21.9 Å². The van der Waals surface area contributed by atoms with Gasteiger partial charge in [0.2, 0.25) is 0 Å². The van der Waals surface area contributed by atoms with E-state index in [1.54, 1.807) is 12.1 Å². The lowest BCUT2D eigenvalue weighted by atomic mass is 10.1. The third-order valence-electron chi connectivity index (χ3n) is 1.64. The van der Waals surface area contributed by atoms with Crippen molar-refractivity contribution in [2.45, 2.75) is 11.9 Å². The molecule has 0 aliphatic rings. The van der Waals surface area contributed by atoms with Crippen LogP contribution in [0.15, 0.2) is 18.2 Å². The van der Waals surface area contributed by atoms with E-state index >= 15 is 0 Å². The van der Waals surface area contributed by atoms with Crippen molar-refractivity contribution in [1.82, 2.24) is 0 Å². The van der Waals surface area contributed by atoms with Gasteiger partial charge in [0.05, 0.1) is 12.2 Å². The summed E-state index contributed by atoms with van der Waals surface area (Å²) in [6.07, 6.45) is 0. The van der Waals surface area contributed by atoms with Gasteiger partial charge in [-0.15, -0.1) is 0 Å². The zero-order valence-corrected chi connectivity index (χ0v) is 8.41. The number of hydrogen-bond donors (Lipinski definition) is 2. The fraction of sp³-hybridized carbons (Fsp3) is 0.222. The largest absolute Gasteiger partial charge is 0.478 e. The fourth-order valence-corrected chi connectivity index (χ4v) is 1.38. The molecule has 13 heavy (non-hydrogen) atoms. The Morgan fingerprint density at radius 3 is 2.38 bits per heavy atom. The molecule has 0 saturated carbocycles. The molecule has 0 heterocycles. The number of benzene rings is 1. The molecule has 4 heteroatoms. The summed E-state index contributed by atoms with van der Waals surface area (Å²) in [4.78, 5) is 10.6. The predicted molar refractivity (Wildman–Crippen MR) is 52.0 cm³/mol. The molecule has 1 aromatic rings. The van der Waals surface area contributed by atoms with Crippen LogP contribution in [0.25, 0.3) is 0 Å². The Kier molecular flexibility index (Phi) is 3.45. The summed E-state index contributed by atoms with van der Waals surface area (Å²) < 4.78 is 0. The monoisotopic (exact) mass is 244 g/mol. The second kappa shape index (κ2) is 4.39. The van der Waals surface area contributed by atoms with E-state index in [2.05, 4.69) is 15.9 Å². The molecule has 0 bridgehead atoms. The number of carboxylic acid groups (broad SMARTS) is 1. The molecule has 1 aromatic carbocycles. The van der Waals surface area contributed by atoms with Gasteiger partial charge < -0.3 is 10.2 Å². The standard InChI is InChI=1S/C9H9BrO3/c10-4-6-1-7(5-11)3-8(2-6)9(12)13/h1-3,11H,4-5H2,(H,12,13). The molecule has 3 nitrogen and oxygen atoms in total. The first-order valence-electron chi connectivity index (χ1n) is 3.70. The van der Waals surface area contributed by atoms with Gasteiger partial charge in [0.25, 0.3) is 0 Å². The summed E-state index contributed by atoms with van der Waals surface area (Å²) in [5.74, 6) is -0.975. The highest BCUT2D eigenvalue weighted by Gasteiger charge is 2.05. The molecule has 0 aliphatic carbocycles. The zero-order valence-electron chi connectivity index (χ0n) is 6.83. The van der Waals surface area contributed by atoms with E-state index < -0.39 is 5.97 Å². The minimum atomic E-state index is -0.975. The lowest BCUT2D eigenvalue weighted by molar-refractivity contribution is 0.0696. The van der Waals surface area contributed by atoms with Gasteiger partial charge in [-0.25, -0.2) is 4.79 Å². The number of rotatable bonds is 3. The molecule has 0 aliphatic heterocycles. The number of aliphatic hydroxyl groups excluding tert-OH is 1. The quantitative estimate of drug-likeness (QED) is 0.798. The molecular weight excluding hydrogens is 236 g/mol. The van der Waals surface area contributed by atoms with Crippen LogP contribution in [0.1, 0.15) is 21.5 Å². The van der Waals surface area contributed by atoms with Crippen molar-refractivity contribution < 1.29 is 15.0 Å². The van der Waals surface area contributed by atoms with Crippen LogP contribution in [0, 0.1) is 0 Å². The van der Waals surface area contributed by atoms with E-state index in [0.29, 0.717) is 10.9 Å². The average Bonchev–Trinajstić information content (AvgIpc) is 2.16. The van der Waals surface area contributed by atoms with Crippen molar-refractivity contribution in [2.75, 3.05) is 0 Å². The van der Waals surface area contributed by atoms with Crippen molar-refractivity contribution in [3.8, 4) is 0 Å². The smallest absolute Gasteiger partial charge is 0.335 e. The van der Waals surface area contributed by atoms with Crippen LogP contribution in [0.3, 0.4) is 0 Å². The van der Waals surface area contributed by atoms with Gasteiger partial charge in [-0.1, -0.05) is 22.0 Å². The second-order valence-corrected chi connectivity index (χ2v) is 3.20. The third kappa shape index (κ3) is 2.54. The number of carbonyl (C=O) groups is 1. The molecule has 70 valence electrons. The third-order valence-corrected chi connectivity index (χ3v) is 2.28. The number of aromatic carboxylic acids is 1. The molecule has 0 fully saturated rings. The minimum Gasteiger partial charge on any atom is -0.478 e. The molecule has 0 aromatic heterocycles. The van der Waals surface area contributed by atoms with Crippen LogP contribution in [0.4, 0.5) is 0 Å². The molecule has 0 spiro atoms. The molecule has 1 rings (SSSR count). The SMILES string of the molecule is O=C(O)c1cc(CO)cc(CBr)c1. The van der Waals surface area contributed by atoms with Gasteiger partial charge >= 0.3 is 5.97 Å². The maximum atomic E-state index is 10.6. The first kappa shape index (κ1) is 10.2. The lowest BCUT2D eigenvalue weighted by Crippen LogP contribution is -1.99. The van der Waals surface area contributed by atoms with Gasteiger partial charge in [-0.3, -0.25) is 0 Å². The maximum Gasteiger partial charge on any atom is 0.335 e. The molecule has 0 unspecified atom stereocenters. The second-order valence-electron chi connectivity index (χ2n) is 2.64.